The lowest BCUT2D eigenvalue weighted by Crippen LogP contribution is -2.43. The lowest BCUT2D eigenvalue weighted by Gasteiger charge is -2.26. The first-order valence-corrected chi connectivity index (χ1v) is 9.06. The maximum absolute atomic E-state index is 12.6. The van der Waals surface area contributed by atoms with Crippen molar-refractivity contribution in [1.29, 1.82) is 0 Å². The van der Waals surface area contributed by atoms with Crippen molar-refractivity contribution in [2.24, 2.45) is 13.0 Å². The molecule has 0 radical (unpaired) electrons. The molecule has 0 spiro atoms. The van der Waals surface area contributed by atoms with Crippen LogP contribution in [0.2, 0.25) is 0 Å². The van der Waals surface area contributed by atoms with Crippen molar-refractivity contribution in [3.8, 4) is 0 Å². The van der Waals surface area contributed by atoms with Crippen molar-refractivity contribution in [3.05, 3.63) is 17.5 Å². The van der Waals surface area contributed by atoms with Gasteiger partial charge in [-0.25, -0.2) is 9.59 Å². The van der Waals surface area contributed by atoms with Gasteiger partial charge < -0.3 is 14.8 Å². The molecule has 1 aliphatic rings. The summed E-state index contributed by atoms with van der Waals surface area (Å²) < 4.78 is 11.0. The summed E-state index contributed by atoms with van der Waals surface area (Å²) >= 11 is 0. The molecule has 0 bridgehead atoms. The molecule has 1 saturated carbocycles. The molecule has 0 saturated heterocycles. The van der Waals surface area contributed by atoms with E-state index in [1.165, 1.54) is 24.3 Å². The van der Waals surface area contributed by atoms with E-state index < -0.39 is 23.9 Å². The third kappa shape index (κ3) is 5.06. The van der Waals surface area contributed by atoms with Crippen LogP contribution in [0.5, 0.6) is 0 Å². The number of carbonyl (C=O) groups is 3. The molecule has 2 rings (SSSR count). The lowest BCUT2D eigenvalue weighted by atomic mass is 9.85. The number of carbonyl (C=O) groups excluding carboxylic acids is 3. The number of hydrogen-bond donors (Lipinski definition) is 1. The van der Waals surface area contributed by atoms with Gasteiger partial charge in [-0.1, -0.05) is 32.1 Å². The van der Waals surface area contributed by atoms with Gasteiger partial charge in [0, 0.05) is 13.1 Å². The SMILES string of the molecule is CCOC(=O)C(CC1CCCCC1)NC(=O)c1cc(C(=O)OC)nn1C. The van der Waals surface area contributed by atoms with E-state index in [2.05, 4.69) is 15.2 Å². The summed E-state index contributed by atoms with van der Waals surface area (Å²) in [5.41, 5.74) is 0.225. The first-order chi connectivity index (χ1) is 12.5. The van der Waals surface area contributed by atoms with E-state index in [0.29, 0.717) is 12.3 Å². The fraction of sp³-hybridized carbons (Fsp3) is 0.667. The molecule has 1 fully saturated rings. The van der Waals surface area contributed by atoms with Crippen LogP contribution in [0, 0.1) is 5.92 Å². The second-order valence-corrected chi connectivity index (χ2v) is 6.55. The van der Waals surface area contributed by atoms with Crippen molar-refractivity contribution in [1.82, 2.24) is 15.1 Å². The van der Waals surface area contributed by atoms with Gasteiger partial charge in [0.2, 0.25) is 0 Å². The van der Waals surface area contributed by atoms with E-state index >= 15 is 0 Å². The van der Waals surface area contributed by atoms with Gasteiger partial charge >= 0.3 is 11.9 Å². The molecule has 26 heavy (non-hydrogen) atoms. The van der Waals surface area contributed by atoms with Crippen molar-refractivity contribution in [2.75, 3.05) is 13.7 Å². The number of amides is 1. The third-order valence-corrected chi connectivity index (χ3v) is 4.68. The van der Waals surface area contributed by atoms with Gasteiger partial charge in [0.05, 0.1) is 13.7 Å². The minimum atomic E-state index is -0.706. The zero-order chi connectivity index (χ0) is 19.1. The molecule has 1 unspecified atom stereocenters. The van der Waals surface area contributed by atoms with Gasteiger partial charge in [-0.15, -0.1) is 0 Å². The van der Waals surface area contributed by atoms with E-state index in [0.717, 1.165) is 25.7 Å². The van der Waals surface area contributed by atoms with Gasteiger partial charge in [-0.2, -0.15) is 5.10 Å². The number of aryl methyl sites for hydroxylation is 1. The highest BCUT2D eigenvalue weighted by molar-refractivity contribution is 5.97. The molecule has 1 aromatic heterocycles. The number of esters is 2. The Morgan fingerprint density at radius 1 is 1.31 bits per heavy atom. The number of ether oxygens (including phenoxy) is 2. The first-order valence-electron chi connectivity index (χ1n) is 9.06. The Morgan fingerprint density at radius 2 is 2.00 bits per heavy atom. The van der Waals surface area contributed by atoms with E-state index in [1.807, 2.05) is 0 Å². The predicted octanol–water partition coefficient (Wildman–Crippen LogP) is 1.84. The Balaban J connectivity index is 2.10. The number of methoxy groups -OCH3 is 1. The van der Waals surface area contributed by atoms with Crippen LogP contribution < -0.4 is 5.32 Å². The van der Waals surface area contributed by atoms with Gasteiger partial charge in [0.15, 0.2) is 5.69 Å². The normalized spacial score (nSPS) is 16.0. The maximum atomic E-state index is 12.6. The van der Waals surface area contributed by atoms with Crippen LogP contribution in [0.1, 0.15) is 66.4 Å². The summed E-state index contributed by atoms with van der Waals surface area (Å²) in [5.74, 6) is -1.12. The summed E-state index contributed by atoms with van der Waals surface area (Å²) in [6.45, 7) is 2.00. The third-order valence-electron chi connectivity index (χ3n) is 4.68. The zero-order valence-corrected chi connectivity index (χ0v) is 15.6. The smallest absolute Gasteiger partial charge is 0.358 e. The topological polar surface area (TPSA) is 99.5 Å². The fourth-order valence-corrected chi connectivity index (χ4v) is 3.33. The van der Waals surface area contributed by atoms with Crippen LogP contribution in [-0.4, -0.2) is 47.4 Å². The first kappa shape index (κ1) is 19.9. The molecule has 1 N–H and O–H groups in total. The second-order valence-electron chi connectivity index (χ2n) is 6.55. The number of nitrogens with zero attached hydrogens (tertiary/aromatic N) is 2. The van der Waals surface area contributed by atoms with E-state index in [-0.39, 0.29) is 18.0 Å². The van der Waals surface area contributed by atoms with Crippen molar-refractivity contribution in [2.45, 2.75) is 51.5 Å². The van der Waals surface area contributed by atoms with Gasteiger partial charge in [-0.05, 0) is 19.3 Å². The highest BCUT2D eigenvalue weighted by atomic mass is 16.5. The zero-order valence-electron chi connectivity index (χ0n) is 15.6. The van der Waals surface area contributed by atoms with Crippen LogP contribution >= 0.6 is 0 Å². The Morgan fingerprint density at radius 3 is 2.62 bits per heavy atom. The highest BCUT2D eigenvalue weighted by Gasteiger charge is 2.28. The number of hydrogen-bond acceptors (Lipinski definition) is 6. The Hall–Kier alpha value is -2.38. The molecule has 0 aromatic carbocycles. The van der Waals surface area contributed by atoms with Crippen LogP contribution in [0.3, 0.4) is 0 Å². The minimum Gasteiger partial charge on any atom is -0.464 e. The largest absolute Gasteiger partial charge is 0.464 e. The molecule has 0 aliphatic heterocycles. The average Bonchev–Trinajstić information content (AvgIpc) is 3.03. The number of rotatable bonds is 7. The molecule has 1 aliphatic carbocycles. The van der Waals surface area contributed by atoms with Crippen LogP contribution in [0.4, 0.5) is 0 Å². The molecule has 8 nitrogen and oxygen atoms in total. The Bertz CT molecular complexity index is 649. The number of nitrogens with one attached hydrogen (secondary N) is 1. The number of aromatic nitrogens is 2. The van der Waals surface area contributed by atoms with Crippen LogP contribution in [0.25, 0.3) is 0 Å². The van der Waals surface area contributed by atoms with Crippen LogP contribution in [0.15, 0.2) is 6.07 Å². The molecular weight excluding hydrogens is 338 g/mol. The summed E-state index contributed by atoms with van der Waals surface area (Å²) in [6, 6.07) is 0.645. The van der Waals surface area contributed by atoms with Gasteiger partial charge in [-0.3, -0.25) is 9.48 Å². The molecular formula is C18H27N3O5. The predicted molar refractivity (Wildman–Crippen MR) is 93.6 cm³/mol. The van der Waals surface area contributed by atoms with Gasteiger partial charge in [0.1, 0.15) is 11.7 Å². The molecule has 8 heteroatoms. The summed E-state index contributed by atoms with van der Waals surface area (Å²) in [6.07, 6.45) is 6.20. The highest BCUT2D eigenvalue weighted by Crippen LogP contribution is 2.27. The van der Waals surface area contributed by atoms with E-state index in [1.54, 1.807) is 14.0 Å². The summed E-state index contributed by atoms with van der Waals surface area (Å²) in [7, 11) is 2.81. The quantitative estimate of drug-likeness (QED) is 0.740. The lowest BCUT2D eigenvalue weighted by molar-refractivity contribution is -0.146. The fourth-order valence-electron chi connectivity index (χ4n) is 3.33. The Labute approximate surface area is 153 Å². The monoisotopic (exact) mass is 365 g/mol. The standard InChI is InChI=1S/C18H27N3O5/c1-4-26-18(24)13(10-12-8-6-5-7-9-12)19-16(22)15-11-14(17(23)25-3)20-21(15)2/h11-13H,4-10H2,1-3H3,(H,19,22). The molecule has 144 valence electrons. The van der Waals surface area contributed by atoms with Crippen molar-refractivity contribution >= 4 is 17.8 Å². The second kappa shape index (κ2) is 9.35. The molecule has 1 heterocycles. The minimum absolute atomic E-state index is 0.0418. The summed E-state index contributed by atoms with van der Waals surface area (Å²) in [5, 5.41) is 6.72. The molecule has 1 atom stereocenters. The van der Waals surface area contributed by atoms with Crippen LogP contribution in [-0.2, 0) is 21.3 Å². The summed E-state index contributed by atoms with van der Waals surface area (Å²) in [4.78, 5) is 36.5. The molecule has 1 amide bonds. The van der Waals surface area contributed by atoms with Gasteiger partial charge in [0.25, 0.3) is 5.91 Å². The maximum Gasteiger partial charge on any atom is 0.358 e. The average molecular weight is 365 g/mol. The van der Waals surface area contributed by atoms with Crippen molar-refractivity contribution < 1.29 is 23.9 Å². The van der Waals surface area contributed by atoms with E-state index in [4.69, 9.17) is 4.74 Å². The van der Waals surface area contributed by atoms with E-state index in [9.17, 15) is 14.4 Å². The molecule has 1 aromatic rings. The Kier molecular flexibility index (Phi) is 7.17. The van der Waals surface area contributed by atoms with Crippen molar-refractivity contribution in [3.63, 3.8) is 0 Å².